The maximum atomic E-state index is 14.4. The fraction of sp³-hybridized carbons (Fsp3) is 0.0244. The van der Waals surface area contributed by atoms with Crippen LogP contribution in [0.2, 0.25) is 0 Å². The summed E-state index contributed by atoms with van der Waals surface area (Å²) in [6.45, 7) is 2.00. The number of aryl methyl sites for hydroxylation is 1. The Kier molecular flexibility index (Phi) is 6.65. The molecule has 0 radical (unpaired) electrons. The van der Waals surface area contributed by atoms with E-state index in [0.29, 0.717) is 17.0 Å². The molecule has 1 N–H and O–H groups in total. The van der Waals surface area contributed by atoms with E-state index in [0.717, 1.165) is 66.7 Å². The molecule has 0 bridgehead atoms. The van der Waals surface area contributed by atoms with E-state index in [1.165, 1.54) is 6.07 Å². The largest absolute Gasteiger partial charge is 0.504 e. The smallest absolute Gasteiger partial charge is 0.165 e. The Morgan fingerprint density at radius 1 is 0.522 bits per heavy atom. The van der Waals surface area contributed by atoms with Gasteiger partial charge in [-0.1, -0.05) is 91.0 Å². The number of nitrogens with zero attached hydrogens (tertiary/aromatic N) is 2. The zero-order valence-electron chi connectivity index (χ0n) is 24.9. The van der Waals surface area contributed by atoms with Crippen molar-refractivity contribution in [1.29, 1.82) is 0 Å². The number of phenols is 1. The van der Waals surface area contributed by atoms with Gasteiger partial charge in [0.05, 0.1) is 17.1 Å². The lowest BCUT2D eigenvalue weighted by atomic mass is 9.97. The van der Waals surface area contributed by atoms with Gasteiger partial charge in [0.15, 0.2) is 11.6 Å². The molecule has 0 atom stereocenters. The third kappa shape index (κ3) is 4.88. The minimum absolute atomic E-state index is 0.333. The predicted molar refractivity (Wildman–Crippen MR) is 183 cm³/mol. The number of furan rings is 1. The lowest BCUT2D eigenvalue weighted by Gasteiger charge is -2.13. The summed E-state index contributed by atoms with van der Waals surface area (Å²) >= 11 is 0. The Labute approximate surface area is 265 Å². The molecule has 0 aliphatic carbocycles. The number of aromatic hydroxyl groups is 1. The fourth-order valence-electron chi connectivity index (χ4n) is 6.12. The lowest BCUT2D eigenvalue weighted by molar-refractivity contribution is 0.434. The Hall–Kier alpha value is -6.07. The molecule has 0 unspecified atom stereocenters. The van der Waals surface area contributed by atoms with Crippen LogP contribution in [0.3, 0.4) is 0 Å². The van der Waals surface area contributed by atoms with Crippen LogP contribution in [0.15, 0.2) is 144 Å². The van der Waals surface area contributed by atoms with E-state index >= 15 is 0 Å². The quantitative estimate of drug-likeness (QED) is 0.214. The van der Waals surface area contributed by atoms with Crippen LogP contribution in [-0.4, -0.2) is 15.1 Å². The predicted octanol–water partition coefficient (Wildman–Crippen LogP) is 10.9. The molecule has 3 heterocycles. The van der Waals surface area contributed by atoms with Gasteiger partial charge in [-0.05, 0) is 72.1 Å². The summed E-state index contributed by atoms with van der Waals surface area (Å²) in [5.74, 6) is -1.11. The van der Waals surface area contributed by atoms with Crippen LogP contribution >= 0.6 is 0 Å². The van der Waals surface area contributed by atoms with Crippen LogP contribution < -0.4 is 0 Å². The van der Waals surface area contributed by atoms with E-state index in [1.807, 2.05) is 85.8 Å². The molecule has 0 saturated heterocycles. The van der Waals surface area contributed by atoms with Gasteiger partial charge >= 0.3 is 0 Å². The van der Waals surface area contributed by atoms with Gasteiger partial charge in [0.1, 0.15) is 11.2 Å². The maximum Gasteiger partial charge on any atom is 0.165 e. The standard InChI is InChI=1S/C41H27FN2O2/c1-25-20-30(31-15-8-16-33-32-14-5-6-19-39(32)46-41(31)33)24-36(43-25)27-12-7-13-28(21-27)37-22-29(26-10-3-2-4-11-26)23-38(44-37)34-17-9-18-35(42)40(34)45/h2-24,45H,1H3. The summed E-state index contributed by atoms with van der Waals surface area (Å²) in [4.78, 5) is 9.83. The van der Waals surface area contributed by atoms with Gasteiger partial charge in [-0.25, -0.2) is 9.37 Å². The van der Waals surface area contributed by atoms with Gasteiger partial charge in [-0.15, -0.1) is 0 Å². The molecule has 8 rings (SSSR count). The van der Waals surface area contributed by atoms with E-state index in [9.17, 15) is 9.50 Å². The minimum atomic E-state index is -0.687. The van der Waals surface area contributed by atoms with E-state index < -0.39 is 11.6 Å². The molecule has 0 fully saturated rings. The summed E-state index contributed by atoms with van der Waals surface area (Å²) in [6, 6.07) is 45.0. The minimum Gasteiger partial charge on any atom is -0.504 e. The van der Waals surface area contributed by atoms with Crippen LogP contribution in [0.5, 0.6) is 5.75 Å². The number of pyridine rings is 2. The van der Waals surface area contributed by atoms with Crippen molar-refractivity contribution in [3.05, 3.63) is 151 Å². The number of hydrogen-bond acceptors (Lipinski definition) is 4. The zero-order chi connectivity index (χ0) is 31.2. The first-order valence-corrected chi connectivity index (χ1v) is 15.1. The van der Waals surface area contributed by atoms with Crippen LogP contribution in [0.25, 0.3) is 78.0 Å². The normalized spacial score (nSPS) is 11.3. The molecular weight excluding hydrogens is 571 g/mol. The number of halogens is 1. The van der Waals surface area contributed by atoms with Gasteiger partial charge in [-0.2, -0.15) is 0 Å². The fourth-order valence-corrected chi connectivity index (χ4v) is 6.12. The molecular formula is C41H27FN2O2. The summed E-state index contributed by atoms with van der Waals surface area (Å²) in [7, 11) is 0. The summed E-state index contributed by atoms with van der Waals surface area (Å²) < 4.78 is 20.7. The van der Waals surface area contributed by atoms with Gasteiger partial charge in [0.25, 0.3) is 0 Å². The molecule has 5 aromatic carbocycles. The summed E-state index contributed by atoms with van der Waals surface area (Å²) in [5, 5.41) is 12.8. The molecule has 3 aromatic heterocycles. The van der Waals surface area contributed by atoms with Crippen molar-refractivity contribution in [1.82, 2.24) is 9.97 Å². The van der Waals surface area contributed by atoms with Crippen molar-refractivity contribution >= 4 is 21.9 Å². The molecule has 46 heavy (non-hydrogen) atoms. The van der Waals surface area contributed by atoms with Crippen LogP contribution in [0, 0.1) is 12.7 Å². The first kappa shape index (κ1) is 27.5. The van der Waals surface area contributed by atoms with Gasteiger partial charge in [0, 0.05) is 38.7 Å². The lowest BCUT2D eigenvalue weighted by Crippen LogP contribution is -1.94. The highest BCUT2D eigenvalue weighted by Gasteiger charge is 2.16. The van der Waals surface area contributed by atoms with Crippen molar-refractivity contribution in [3.63, 3.8) is 0 Å². The first-order valence-electron chi connectivity index (χ1n) is 15.1. The molecule has 0 saturated carbocycles. The number of fused-ring (bicyclic) bond motifs is 3. The van der Waals surface area contributed by atoms with Gasteiger partial charge < -0.3 is 9.52 Å². The molecule has 8 aromatic rings. The Bertz CT molecular complexity index is 2410. The number of para-hydroxylation sites is 3. The zero-order valence-corrected chi connectivity index (χ0v) is 24.9. The molecule has 220 valence electrons. The number of hydrogen-bond donors (Lipinski definition) is 1. The van der Waals surface area contributed by atoms with Crippen LogP contribution in [0.4, 0.5) is 4.39 Å². The molecule has 0 aliphatic heterocycles. The van der Waals surface area contributed by atoms with E-state index in [4.69, 9.17) is 14.4 Å². The van der Waals surface area contributed by atoms with Gasteiger partial charge in [-0.3, -0.25) is 4.98 Å². The van der Waals surface area contributed by atoms with E-state index in [1.54, 1.807) is 12.1 Å². The molecule has 0 spiro atoms. The third-order valence-corrected chi connectivity index (χ3v) is 8.32. The average Bonchev–Trinajstić information content (AvgIpc) is 3.48. The number of rotatable bonds is 5. The second kappa shape index (κ2) is 11.1. The highest BCUT2D eigenvalue weighted by molar-refractivity contribution is 6.09. The second-order valence-electron chi connectivity index (χ2n) is 11.4. The van der Waals surface area contributed by atoms with Crippen molar-refractivity contribution in [3.8, 4) is 61.8 Å². The molecule has 5 heteroatoms. The molecule has 0 aliphatic rings. The number of phenolic OH excluding ortho intramolecular Hbond substituents is 1. The topological polar surface area (TPSA) is 59.2 Å². The van der Waals surface area contributed by atoms with Crippen molar-refractivity contribution in [2.75, 3.05) is 0 Å². The molecule has 4 nitrogen and oxygen atoms in total. The SMILES string of the molecule is Cc1cc(-c2cccc3c2oc2ccccc23)cc(-c2cccc(-c3cc(-c4ccccc4)cc(-c4cccc(F)c4O)n3)c2)n1. The highest BCUT2D eigenvalue weighted by atomic mass is 19.1. The van der Waals surface area contributed by atoms with Crippen molar-refractivity contribution in [2.45, 2.75) is 6.92 Å². The summed E-state index contributed by atoms with van der Waals surface area (Å²) in [5.41, 5.74) is 10.7. The van der Waals surface area contributed by atoms with Crippen molar-refractivity contribution < 1.29 is 13.9 Å². The highest BCUT2D eigenvalue weighted by Crippen LogP contribution is 2.38. The van der Waals surface area contributed by atoms with E-state index in [2.05, 4.69) is 42.5 Å². The van der Waals surface area contributed by atoms with Crippen LogP contribution in [0.1, 0.15) is 5.69 Å². The molecule has 0 amide bonds. The number of benzene rings is 5. The Morgan fingerprint density at radius 3 is 2.00 bits per heavy atom. The summed E-state index contributed by atoms with van der Waals surface area (Å²) in [6.07, 6.45) is 0. The average molecular weight is 599 g/mol. The van der Waals surface area contributed by atoms with E-state index in [-0.39, 0.29) is 0 Å². The third-order valence-electron chi connectivity index (χ3n) is 8.32. The number of aromatic nitrogens is 2. The maximum absolute atomic E-state index is 14.4. The van der Waals surface area contributed by atoms with Gasteiger partial charge in [0.2, 0.25) is 0 Å². The van der Waals surface area contributed by atoms with Crippen LogP contribution in [-0.2, 0) is 0 Å². The second-order valence-corrected chi connectivity index (χ2v) is 11.4. The monoisotopic (exact) mass is 598 g/mol. The Morgan fingerprint density at radius 2 is 1.15 bits per heavy atom. The first-order chi connectivity index (χ1) is 22.5. The van der Waals surface area contributed by atoms with Crippen molar-refractivity contribution in [2.24, 2.45) is 0 Å². The Balaban J connectivity index is 1.25.